The molecule has 1 aliphatic carbocycles. The largest absolute Gasteiger partial charge is 0.396 e. The normalized spacial score (nSPS) is 42.0. The van der Waals surface area contributed by atoms with Gasteiger partial charge in [0.15, 0.2) is 0 Å². The predicted molar refractivity (Wildman–Crippen MR) is 33.6 cm³/mol. The molecule has 1 fully saturated rings. The Morgan fingerprint density at radius 1 is 1.38 bits per heavy atom. The van der Waals surface area contributed by atoms with Crippen molar-refractivity contribution in [3.05, 3.63) is 0 Å². The van der Waals surface area contributed by atoms with Crippen molar-refractivity contribution in [1.29, 1.82) is 0 Å². The molecular formula is C7H14O. The highest BCUT2D eigenvalue weighted by molar-refractivity contribution is 5.05. The second-order valence-corrected chi connectivity index (χ2v) is 3.78. The Morgan fingerprint density at radius 2 is 1.75 bits per heavy atom. The second kappa shape index (κ2) is 1.27. The summed E-state index contributed by atoms with van der Waals surface area (Å²) in [4.78, 5) is 0. The molecule has 48 valence electrons. The van der Waals surface area contributed by atoms with E-state index in [0.29, 0.717) is 12.0 Å². The first kappa shape index (κ1) is 6.09. The van der Waals surface area contributed by atoms with Gasteiger partial charge in [-0.3, -0.25) is 0 Å². The molecule has 0 saturated heterocycles. The molecule has 1 heteroatoms. The van der Waals surface area contributed by atoms with E-state index < -0.39 is 0 Å². The first-order valence-corrected chi connectivity index (χ1v) is 3.13. The second-order valence-electron chi connectivity index (χ2n) is 3.78. The van der Waals surface area contributed by atoms with Crippen molar-refractivity contribution in [2.75, 3.05) is 6.61 Å². The van der Waals surface area contributed by atoms with Crippen LogP contribution in [-0.4, -0.2) is 11.7 Å². The molecule has 0 amide bonds. The minimum absolute atomic E-state index is 0.243. The summed E-state index contributed by atoms with van der Waals surface area (Å²) in [7, 11) is 0. The number of rotatable bonds is 1. The summed E-state index contributed by atoms with van der Waals surface area (Å²) in [5.74, 6) is 0. The fourth-order valence-corrected chi connectivity index (χ4v) is 1.20. The van der Waals surface area contributed by atoms with Gasteiger partial charge in [-0.25, -0.2) is 0 Å². The molecule has 8 heavy (non-hydrogen) atoms. The molecule has 1 unspecified atom stereocenters. The van der Waals surface area contributed by atoms with Gasteiger partial charge in [0.25, 0.3) is 0 Å². The monoisotopic (exact) mass is 114 g/mol. The summed E-state index contributed by atoms with van der Waals surface area (Å²) in [6, 6.07) is 0. The molecule has 0 aliphatic heterocycles. The van der Waals surface area contributed by atoms with E-state index in [1.54, 1.807) is 0 Å². The van der Waals surface area contributed by atoms with Gasteiger partial charge >= 0.3 is 0 Å². The third kappa shape index (κ3) is 0.576. The standard InChI is InChI=1S/C7H14O/c1-6(2)4-7(6,3)5-8/h8H,4-5H2,1-3H3. The van der Waals surface area contributed by atoms with Crippen LogP contribution in [0.25, 0.3) is 0 Å². The lowest BCUT2D eigenvalue weighted by Crippen LogP contribution is -2.08. The lowest BCUT2D eigenvalue weighted by molar-refractivity contribution is 0.195. The van der Waals surface area contributed by atoms with Crippen molar-refractivity contribution in [1.82, 2.24) is 0 Å². The summed E-state index contributed by atoms with van der Waals surface area (Å²) < 4.78 is 0. The predicted octanol–water partition coefficient (Wildman–Crippen LogP) is 1.41. The van der Waals surface area contributed by atoms with Gasteiger partial charge in [0.05, 0.1) is 0 Å². The Morgan fingerprint density at radius 3 is 1.75 bits per heavy atom. The Hall–Kier alpha value is -0.0400. The zero-order valence-corrected chi connectivity index (χ0v) is 5.86. The van der Waals surface area contributed by atoms with Gasteiger partial charge in [-0.2, -0.15) is 0 Å². The van der Waals surface area contributed by atoms with Gasteiger partial charge in [0.2, 0.25) is 0 Å². The minimum atomic E-state index is 0.243. The molecule has 0 aromatic heterocycles. The maximum atomic E-state index is 8.80. The van der Waals surface area contributed by atoms with E-state index in [0.717, 1.165) is 0 Å². The van der Waals surface area contributed by atoms with Crippen molar-refractivity contribution >= 4 is 0 Å². The summed E-state index contributed by atoms with van der Waals surface area (Å²) >= 11 is 0. The van der Waals surface area contributed by atoms with Crippen LogP contribution >= 0.6 is 0 Å². The lowest BCUT2D eigenvalue weighted by Gasteiger charge is -2.08. The summed E-state index contributed by atoms with van der Waals surface area (Å²) in [6.07, 6.45) is 1.18. The van der Waals surface area contributed by atoms with E-state index in [4.69, 9.17) is 5.11 Å². The van der Waals surface area contributed by atoms with E-state index in [9.17, 15) is 0 Å². The summed E-state index contributed by atoms with van der Waals surface area (Å²) in [5.41, 5.74) is 0.648. The van der Waals surface area contributed by atoms with Gasteiger partial charge < -0.3 is 5.11 Å². The van der Waals surface area contributed by atoms with Gasteiger partial charge in [-0.05, 0) is 17.3 Å². The molecule has 1 rings (SSSR count). The van der Waals surface area contributed by atoms with Crippen molar-refractivity contribution in [2.24, 2.45) is 10.8 Å². The molecule has 0 radical (unpaired) electrons. The van der Waals surface area contributed by atoms with Crippen molar-refractivity contribution in [3.63, 3.8) is 0 Å². The van der Waals surface area contributed by atoms with E-state index in [1.807, 2.05) is 0 Å². The third-order valence-corrected chi connectivity index (χ3v) is 2.69. The average molecular weight is 114 g/mol. The van der Waals surface area contributed by atoms with Gasteiger partial charge in [0.1, 0.15) is 0 Å². The summed E-state index contributed by atoms with van der Waals surface area (Å²) in [5, 5.41) is 8.80. The molecule has 1 atom stereocenters. The zero-order chi connectivity index (χ0) is 6.41. The molecule has 0 spiro atoms. The molecule has 1 N–H and O–H groups in total. The Bertz CT molecular complexity index is 107. The first-order valence-electron chi connectivity index (χ1n) is 3.13. The SMILES string of the molecule is CC1(C)CC1(C)CO. The molecule has 1 saturated carbocycles. The highest BCUT2D eigenvalue weighted by atomic mass is 16.3. The first-order chi connectivity index (χ1) is 3.52. The third-order valence-electron chi connectivity index (χ3n) is 2.69. The molecule has 0 aromatic carbocycles. The van der Waals surface area contributed by atoms with E-state index in [2.05, 4.69) is 20.8 Å². The maximum absolute atomic E-state index is 8.80. The van der Waals surface area contributed by atoms with Gasteiger partial charge in [0, 0.05) is 6.61 Å². The molecule has 0 bridgehead atoms. The fraction of sp³-hybridized carbons (Fsp3) is 1.00. The Labute approximate surface area is 50.7 Å². The van der Waals surface area contributed by atoms with Crippen molar-refractivity contribution in [2.45, 2.75) is 27.2 Å². The number of aliphatic hydroxyl groups excluding tert-OH is 1. The van der Waals surface area contributed by atoms with Crippen LogP contribution in [0.3, 0.4) is 0 Å². The van der Waals surface area contributed by atoms with Crippen LogP contribution in [-0.2, 0) is 0 Å². The topological polar surface area (TPSA) is 20.2 Å². The van der Waals surface area contributed by atoms with Crippen LogP contribution in [0.15, 0.2) is 0 Å². The van der Waals surface area contributed by atoms with Crippen molar-refractivity contribution < 1.29 is 5.11 Å². The maximum Gasteiger partial charge on any atom is 0.0490 e. The fourth-order valence-electron chi connectivity index (χ4n) is 1.20. The average Bonchev–Trinajstić information content (AvgIpc) is 2.10. The molecular weight excluding hydrogens is 100 g/mol. The van der Waals surface area contributed by atoms with E-state index in [-0.39, 0.29) is 5.41 Å². The molecule has 1 aliphatic rings. The minimum Gasteiger partial charge on any atom is -0.396 e. The molecule has 1 nitrogen and oxygen atoms in total. The highest BCUT2D eigenvalue weighted by Crippen LogP contribution is 2.62. The van der Waals surface area contributed by atoms with Crippen LogP contribution < -0.4 is 0 Å². The lowest BCUT2D eigenvalue weighted by atomic mass is 10.00. The number of aliphatic hydroxyl groups is 1. The van der Waals surface area contributed by atoms with Crippen molar-refractivity contribution in [3.8, 4) is 0 Å². The number of hydrogen-bond donors (Lipinski definition) is 1. The van der Waals surface area contributed by atoms with Crippen LogP contribution in [0.4, 0.5) is 0 Å². The Kier molecular flexibility index (Phi) is 0.965. The van der Waals surface area contributed by atoms with Crippen LogP contribution in [0.2, 0.25) is 0 Å². The Balaban J connectivity index is 2.55. The summed E-state index contributed by atoms with van der Waals surface area (Å²) in [6.45, 7) is 6.87. The van der Waals surface area contributed by atoms with Crippen LogP contribution in [0.1, 0.15) is 27.2 Å². The van der Waals surface area contributed by atoms with E-state index in [1.165, 1.54) is 6.42 Å². The molecule has 0 heterocycles. The smallest absolute Gasteiger partial charge is 0.0490 e. The highest BCUT2D eigenvalue weighted by Gasteiger charge is 2.56. The molecule has 0 aromatic rings. The van der Waals surface area contributed by atoms with Gasteiger partial charge in [-0.15, -0.1) is 0 Å². The van der Waals surface area contributed by atoms with E-state index >= 15 is 0 Å². The van der Waals surface area contributed by atoms with Crippen LogP contribution in [0, 0.1) is 10.8 Å². The quantitative estimate of drug-likeness (QED) is 0.546. The van der Waals surface area contributed by atoms with Crippen LogP contribution in [0.5, 0.6) is 0 Å². The number of hydrogen-bond acceptors (Lipinski definition) is 1. The van der Waals surface area contributed by atoms with Gasteiger partial charge in [-0.1, -0.05) is 20.8 Å². The zero-order valence-electron chi connectivity index (χ0n) is 5.86.